The van der Waals surface area contributed by atoms with Gasteiger partial charge in [-0.2, -0.15) is 0 Å². The van der Waals surface area contributed by atoms with Crippen LogP contribution in [-0.4, -0.2) is 34.7 Å². The van der Waals surface area contributed by atoms with Gasteiger partial charge in [0.15, 0.2) is 0 Å². The fourth-order valence-electron chi connectivity index (χ4n) is 1.38. The molecular formula is C11H16N4OS. The third kappa shape index (κ3) is 4.22. The molecule has 92 valence electrons. The van der Waals surface area contributed by atoms with Gasteiger partial charge < -0.3 is 10.6 Å². The highest BCUT2D eigenvalue weighted by atomic mass is 32.2. The summed E-state index contributed by atoms with van der Waals surface area (Å²) in [6.07, 6.45) is 6.23. The van der Waals surface area contributed by atoms with E-state index in [1.165, 1.54) is 6.33 Å². The molecule has 2 rings (SSSR count). The number of hydrogen-bond donors (Lipinski definition) is 2. The quantitative estimate of drug-likeness (QED) is 0.589. The predicted octanol–water partition coefficient (Wildman–Crippen LogP) is 1.28. The largest absolute Gasteiger partial charge is 0.369 e. The first-order valence-electron chi connectivity index (χ1n) is 5.67. The van der Waals surface area contributed by atoms with E-state index in [0.29, 0.717) is 19.0 Å². The van der Waals surface area contributed by atoms with Gasteiger partial charge in [-0.15, -0.1) is 11.8 Å². The Morgan fingerprint density at radius 2 is 2.35 bits per heavy atom. The molecule has 1 heterocycles. The third-order valence-corrected chi connectivity index (χ3v) is 3.09. The summed E-state index contributed by atoms with van der Waals surface area (Å²) in [5, 5.41) is 6.99. The lowest BCUT2D eigenvalue weighted by atomic mass is 10.4. The Morgan fingerprint density at radius 1 is 1.53 bits per heavy atom. The molecule has 1 aliphatic rings. The first-order chi connectivity index (χ1) is 8.28. The minimum absolute atomic E-state index is 0.110. The summed E-state index contributed by atoms with van der Waals surface area (Å²) >= 11 is 1.57. The lowest BCUT2D eigenvalue weighted by Crippen LogP contribution is -2.27. The number of anilines is 1. The van der Waals surface area contributed by atoms with Crippen molar-refractivity contribution in [1.82, 2.24) is 15.3 Å². The molecule has 0 unspecified atom stereocenters. The Kier molecular flexibility index (Phi) is 4.19. The molecule has 1 aromatic rings. The van der Waals surface area contributed by atoms with Gasteiger partial charge in [0.25, 0.3) is 0 Å². The third-order valence-electron chi connectivity index (χ3n) is 2.45. The molecule has 6 heteroatoms. The number of nitrogens with zero attached hydrogens (tertiary/aromatic N) is 2. The van der Waals surface area contributed by atoms with E-state index in [1.54, 1.807) is 11.8 Å². The number of carbonyl (C=O) groups is 1. The SMILES string of the molecule is CSc1cc(NCCC(=O)NC2CC2)ncn1. The molecule has 5 nitrogen and oxygen atoms in total. The van der Waals surface area contributed by atoms with Crippen molar-refractivity contribution in [3.05, 3.63) is 12.4 Å². The molecular weight excluding hydrogens is 236 g/mol. The molecule has 0 aliphatic heterocycles. The Balaban J connectivity index is 1.71. The van der Waals surface area contributed by atoms with Crippen molar-refractivity contribution in [2.75, 3.05) is 18.1 Å². The van der Waals surface area contributed by atoms with Crippen LogP contribution >= 0.6 is 11.8 Å². The van der Waals surface area contributed by atoms with Crippen LogP contribution in [0.5, 0.6) is 0 Å². The van der Waals surface area contributed by atoms with Gasteiger partial charge in [0.2, 0.25) is 5.91 Å². The number of nitrogens with one attached hydrogen (secondary N) is 2. The normalized spacial score (nSPS) is 14.4. The molecule has 0 saturated heterocycles. The molecule has 1 aromatic heterocycles. The lowest BCUT2D eigenvalue weighted by Gasteiger charge is -2.06. The van der Waals surface area contributed by atoms with Crippen LogP contribution in [0.2, 0.25) is 0 Å². The van der Waals surface area contributed by atoms with Gasteiger partial charge in [0, 0.05) is 25.1 Å². The molecule has 0 spiro atoms. The predicted molar refractivity (Wildman–Crippen MR) is 68.1 cm³/mol. The molecule has 1 fully saturated rings. The van der Waals surface area contributed by atoms with Gasteiger partial charge in [0.05, 0.1) is 0 Å². The molecule has 2 N–H and O–H groups in total. The number of thioether (sulfide) groups is 1. The zero-order valence-corrected chi connectivity index (χ0v) is 10.6. The number of hydrogen-bond acceptors (Lipinski definition) is 5. The summed E-state index contributed by atoms with van der Waals surface area (Å²) in [6.45, 7) is 0.601. The molecule has 0 radical (unpaired) electrons. The summed E-state index contributed by atoms with van der Waals surface area (Å²) < 4.78 is 0. The van der Waals surface area contributed by atoms with Gasteiger partial charge in [-0.25, -0.2) is 9.97 Å². The highest BCUT2D eigenvalue weighted by Gasteiger charge is 2.22. The summed E-state index contributed by atoms with van der Waals surface area (Å²) in [7, 11) is 0. The first kappa shape index (κ1) is 12.2. The molecule has 0 aromatic carbocycles. The fraction of sp³-hybridized carbons (Fsp3) is 0.545. The van der Waals surface area contributed by atoms with Gasteiger partial charge in [0.1, 0.15) is 17.2 Å². The first-order valence-corrected chi connectivity index (χ1v) is 6.89. The van der Waals surface area contributed by atoms with Crippen LogP contribution in [-0.2, 0) is 4.79 Å². The van der Waals surface area contributed by atoms with Gasteiger partial charge in [-0.1, -0.05) is 0 Å². The maximum atomic E-state index is 11.4. The van der Waals surface area contributed by atoms with Crippen molar-refractivity contribution in [1.29, 1.82) is 0 Å². The zero-order valence-electron chi connectivity index (χ0n) is 9.77. The van der Waals surface area contributed by atoms with Crippen LogP contribution in [0.25, 0.3) is 0 Å². The van der Waals surface area contributed by atoms with Gasteiger partial charge in [-0.05, 0) is 19.1 Å². The molecule has 1 amide bonds. The van der Waals surface area contributed by atoms with Crippen LogP contribution in [0.15, 0.2) is 17.4 Å². The maximum Gasteiger partial charge on any atom is 0.221 e. The number of amides is 1. The smallest absolute Gasteiger partial charge is 0.221 e. The summed E-state index contributed by atoms with van der Waals surface area (Å²) in [5.41, 5.74) is 0. The average Bonchev–Trinajstić information content (AvgIpc) is 3.13. The molecule has 17 heavy (non-hydrogen) atoms. The van der Waals surface area contributed by atoms with Crippen molar-refractivity contribution >= 4 is 23.5 Å². The second-order valence-corrected chi connectivity index (χ2v) is 4.79. The minimum atomic E-state index is 0.110. The number of rotatable bonds is 6. The molecule has 1 aliphatic carbocycles. The minimum Gasteiger partial charge on any atom is -0.369 e. The van der Waals surface area contributed by atoms with Crippen molar-refractivity contribution < 1.29 is 4.79 Å². The van der Waals surface area contributed by atoms with Gasteiger partial charge >= 0.3 is 0 Å². The van der Waals surface area contributed by atoms with Gasteiger partial charge in [-0.3, -0.25) is 4.79 Å². The van der Waals surface area contributed by atoms with E-state index in [4.69, 9.17) is 0 Å². The van der Waals surface area contributed by atoms with Crippen LogP contribution in [0.3, 0.4) is 0 Å². The Morgan fingerprint density at radius 3 is 3.06 bits per heavy atom. The molecule has 0 bridgehead atoms. The maximum absolute atomic E-state index is 11.4. The standard InChI is InChI=1S/C11H16N4OS/c1-17-11-6-9(13-7-14-11)12-5-4-10(16)15-8-2-3-8/h6-8H,2-5H2,1H3,(H,15,16)(H,12,13,14). The van der Waals surface area contributed by atoms with E-state index in [-0.39, 0.29) is 5.91 Å². The highest BCUT2D eigenvalue weighted by molar-refractivity contribution is 7.98. The van der Waals surface area contributed by atoms with E-state index < -0.39 is 0 Å². The van der Waals surface area contributed by atoms with Crippen molar-refractivity contribution in [2.45, 2.75) is 30.3 Å². The van der Waals surface area contributed by atoms with Crippen LogP contribution in [0.1, 0.15) is 19.3 Å². The van der Waals surface area contributed by atoms with Crippen LogP contribution < -0.4 is 10.6 Å². The Bertz CT molecular complexity index is 395. The molecule has 0 atom stereocenters. The Hall–Kier alpha value is -1.30. The number of aromatic nitrogens is 2. The van der Waals surface area contributed by atoms with E-state index in [1.807, 2.05) is 12.3 Å². The van der Waals surface area contributed by atoms with E-state index in [2.05, 4.69) is 20.6 Å². The topological polar surface area (TPSA) is 66.9 Å². The number of carbonyl (C=O) groups excluding carboxylic acids is 1. The van der Waals surface area contributed by atoms with E-state index in [9.17, 15) is 4.79 Å². The summed E-state index contributed by atoms with van der Waals surface area (Å²) in [6, 6.07) is 2.31. The fourth-order valence-corrected chi connectivity index (χ4v) is 1.76. The average molecular weight is 252 g/mol. The second kappa shape index (κ2) is 5.86. The Labute approximate surface area is 105 Å². The van der Waals surface area contributed by atoms with E-state index >= 15 is 0 Å². The lowest BCUT2D eigenvalue weighted by molar-refractivity contribution is -0.120. The van der Waals surface area contributed by atoms with E-state index in [0.717, 1.165) is 23.7 Å². The van der Waals surface area contributed by atoms with Crippen LogP contribution in [0.4, 0.5) is 5.82 Å². The summed E-state index contributed by atoms with van der Waals surface area (Å²) in [5.74, 6) is 0.878. The molecule has 1 saturated carbocycles. The monoisotopic (exact) mass is 252 g/mol. The summed E-state index contributed by atoms with van der Waals surface area (Å²) in [4.78, 5) is 19.6. The zero-order chi connectivity index (χ0) is 12.1. The van der Waals surface area contributed by atoms with Crippen molar-refractivity contribution in [3.8, 4) is 0 Å². The van der Waals surface area contributed by atoms with Crippen molar-refractivity contribution in [3.63, 3.8) is 0 Å². The second-order valence-electron chi connectivity index (χ2n) is 3.96. The van der Waals surface area contributed by atoms with Crippen LogP contribution in [0, 0.1) is 0 Å². The van der Waals surface area contributed by atoms with Crippen molar-refractivity contribution in [2.24, 2.45) is 0 Å². The highest BCUT2D eigenvalue weighted by Crippen LogP contribution is 2.18.